The third kappa shape index (κ3) is 4.40. The average Bonchev–Trinajstić information content (AvgIpc) is 2.74. The first-order valence-corrected chi connectivity index (χ1v) is 9.08. The average molecular weight is 385 g/mol. The number of nitro groups is 1. The van der Waals surface area contributed by atoms with Gasteiger partial charge in [-0.2, -0.15) is 0 Å². The van der Waals surface area contributed by atoms with Crippen molar-refractivity contribution in [1.29, 1.82) is 0 Å². The highest BCUT2D eigenvalue weighted by molar-refractivity contribution is 5.97. The van der Waals surface area contributed by atoms with Gasteiger partial charge in [-0.15, -0.1) is 0 Å². The third-order valence-corrected chi connectivity index (χ3v) is 4.81. The lowest BCUT2D eigenvalue weighted by atomic mass is 10.0. The summed E-state index contributed by atoms with van der Waals surface area (Å²) in [4.78, 5) is 25.5. The van der Waals surface area contributed by atoms with Crippen molar-refractivity contribution in [3.8, 4) is 17.2 Å². The van der Waals surface area contributed by atoms with E-state index in [1.54, 1.807) is 36.3 Å². The zero-order valence-corrected chi connectivity index (χ0v) is 15.9. The van der Waals surface area contributed by atoms with Crippen LogP contribution in [0, 0.1) is 10.1 Å². The number of nitrogens with one attached hydrogen (secondary N) is 1. The van der Waals surface area contributed by atoms with Gasteiger partial charge >= 0.3 is 0 Å². The van der Waals surface area contributed by atoms with Crippen molar-refractivity contribution < 1.29 is 19.2 Å². The summed E-state index contributed by atoms with van der Waals surface area (Å²) in [5, 5.41) is 14.4. The van der Waals surface area contributed by atoms with Crippen LogP contribution in [0.2, 0.25) is 0 Å². The third-order valence-electron chi connectivity index (χ3n) is 4.81. The molecule has 0 radical (unpaired) electrons. The number of non-ortho nitro benzene ring substituents is 1. The van der Waals surface area contributed by atoms with Gasteiger partial charge in [0.15, 0.2) is 0 Å². The number of piperidine rings is 1. The van der Waals surface area contributed by atoms with E-state index in [2.05, 4.69) is 5.32 Å². The quantitative estimate of drug-likeness (QED) is 0.606. The Kier molecular flexibility index (Phi) is 6.10. The molecule has 1 saturated heterocycles. The molecule has 1 aliphatic rings. The van der Waals surface area contributed by atoms with Gasteiger partial charge in [0.05, 0.1) is 17.6 Å². The van der Waals surface area contributed by atoms with Crippen LogP contribution in [-0.4, -0.2) is 49.0 Å². The van der Waals surface area contributed by atoms with Gasteiger partial charge in [0.25, 0.3) is 11.6 Å². The maximum Gasteiger partial charge on any atom is 0.270 e. The fourth-order valence-corrected chi connectivity index (χ4v) is 3.23. The Morgan fingerprint density at radius 1 is 1.21 bits per heavy atom. The molecule has 3 rings (SSSR count). The molecule has 2 aromatic carbocycles. The topological polar surface area (TPSA) is 93.9 Å². The van der Waals surface area contributed by atoms with Crippen molar-refractivity contribution in [3.63, 3.8) is 0 Å². The molecular weight excluding hydrogens is 362 g/mol. The lowest BCUT2D eigenvalue weighted by Crippen LogP contribution is -2.47. The minimum Gasteiger partial charge on any atom is -0.497 e. The highest BCUT2D eigenvalue weighted by atomic mass is 16.6. The minimum absolute atomic E-state index is 0.146. The van der Waals surface area contributed by atoms with E-state index in [9.17, 15) is 14.9 Å². The summed E-state index contributed by atoms with van der Waals surface area (Å²) >= 11 is 0. The standard InChI is InChI=1S/C20H23N3O5/c1-21-14-4-3-11-22(13-14)20(24)18-12-15(23(25)26)5-10-19(18)28-17-8-6-16(27-2)7-9-17/h5-10,12,14,21H,3-4,11,13H2,1-2H3. The van der Waals surface area contributed by atoms with E-state index < -0.39 is 4.92 Å². The van der Waals surface area contributed by atoms with Crippen molar-refractivity contribution in [3.05, 3.63) is 58.1 Å². The van der Waals surface area contributed by atoms with Crippen LogP contribution in [0.5, 0.6) is 17.2 Å². The maximum absolute atomic E-state index is 13.1. The number of nitro benzene ring substituents is 1. The second-order valence-corrected chi connectivity index (χ2v) is 6.59. The summed E-state index contributed by atoms with van der Waals surface area (Å²) in [6.45, 7) is 1.17. The van der Waals surface area contributed by atoms with Crippen molar-refractivity contribution in [2.24, 2.45) is 0 Å². The van der Waals surface area contributed by atoms with Gasteiger partial charge in [-0.1, -0.05) is 0 Å². The number of nitrogens with zero attached hydrogens (tertiary/aromatic N) is 2. The SMILES string of the molecule is CNC1CCCN(C(=O)c2cc([N+](=O)[O-])ccc2Oc2ccc(OC)cc2)C1. The van der Waals surface area contributed by atoms with E-state index in [1.807, 2.05) is 7.05 Å². The van der Waals surface area contributed by atoms with E-state index in [0.717, 1.165) is 12.8 Å². The molecule has 1 fully saturated rings. The summed E-state index contributed by atoms with van der Waals surface area (Å²) in [7, 11) is 3.43. The zero-order valence-electron chi connectivity index (χ0n) is 15.9. The van der Waals surface area contributed by atoms with Crippen LogP contribution < -0.4 is 14.8 Å². The van der Waals surface area contributed by atoms with Crippen LogP contribution in [0.1, 0.15) is 23.2 Å². The van der Waals surface area contributed by atoms with Crippen LogP contribution in [0.4, 0.5) is 5.69 Å². The number of hydrogen-bond acceptors (Lipinski definition) is 6. The molecule has 0 aromatic heterocycles. The second kappa shape index (κ2) is 8.71. The van der Waals surface area contributed by atoms with Gasteiger partial charge < -0.3 is 19.7 Å². The fraction of sp³-hybridized carbons (Fsp3) is 0.350. The van der Waals surface area contributed by atoms with Crippen LogP contribution in [0.3, 0.4) is 0 Å². The molecule has 1 heterocycles. The summed E-state index contributed by atoms with van der Waals surface area (Å²) in [5.41, 5.74) is 0.0365. The van der Waals surface area contributed by atoms with Crippen LogP contribution >= 0.6 is 0 Å². The summed E-state index contributed by atoms with van der Waals surface area (Å²) in [5.74, 6) is 1.20. The molecule has 0 bridgehead atoms. The van der Waals surface area contributed by atoms with Gasteiger partial charge in [0, 0.05) is 31.3 Å². The minimum atomic E-state index is -0.513. The van der Waals surface area contributed by atoms with Gasteiger partial charge in [-0.05, 0) is 50.2 Å². The van der Waals surface area contributed by atoms with Gasteiger partial charge in [-0.3, -0.25) is 14.9 Å². The number of carbonyl (C=O) groups excluding carboxylic acids is 1. The van der Waals surface area contributed by atoms with E-state index in [0.29, 0.717) is 24.6 Å². The Bertz CT molecular complexity index is 853. The molecule has 28 heavy (non-hydrogen) atoms. The normalized spacial score (nSPS) is 16.5. The predicted molar refractivity (Wildman–Crippen MR) is 104 cm³/mol. The molecule has 0 aliphatic carbocycles. The van der Waals surface area contributed by atoms with Crippen LogP contribution in [0.25, 0.3) is 0 Å². The molecule has 8 nitrogen and oxygen atoms in total. The molecule has 0 spiro atoms. The largest absolute Gasteiger partial charge is 0.497 e. The molecule has 1 atom stereocenters. The molecule has 1 aliphatic heterocycles. The number of likely N-dealkylation sites (tertiary alicyclic amines) is 1. The first-order valence-electron chi connectivity index (χ1n) is 9.08. The molecule has 2 aromatic rings. The Morgan fingerprint density at radius 2 is 1.93 bits per heavy atom. The summed E-state index contributed by atoms with van der Waals surface area (Å²) < 4.78 is 11.0. The van der Waals surface area contributed by atoms with Crippen LogP contribution in [-0.2, 0) is 0 Å². The van der Waals surface area contributed by atoms with E-state index >= 15 is 0 Å². The Balaban J connectivity index is 1.91. The highest BCUT2D eigenvalue weighted by Gasteiger charge is 2.27. The Hall–Kier alpha value is -3.13. The number of ether oxygens (including phenoxy) is 2. The van der Waals surface area contributed by atoms with Crippen molar-refractivity contribution in [2.75, 3.05) is 27.2 Å². The molecule has 1 amide bonds. The van der Waals surface area contributed by atoms with E-state index in [1.165, 1.54) is 18.2 Å². The van der Waals surface area contributed by atoms with E-state index in [4.69, 9.17) is 9.47 Å². The number of likely N-dealkylation sites (N-methyl/N-ethyl adjacent to an activating group) is 1. The number of rotatable bonds is 6. The highest BCUT2D eigenvalue weighted by Crippen LogP contribution is 2.31. The number of hydrogen-bond donors (Lipinski definition) is 1. The van der Waals surface area contributed by atoms with Crippen molar-refractivity contribution in [2.45, 2.75) is 18.9 Å². The second-order valence-electron chi connectivity index (χ2n) is 6.59. The van der Waals surface area contributed by atoms with Gasteiger partial charge in [0.1, 0.15) is 17.2 Å². The fourth-order valence-electron chi connectivity index (χ4n) is 3.23. The molecule has 1 N–H and O–H groups in total. The number of carbonyl (C=O) groups is 1. The molecule has 1 unspecified atom stereocenters. The van der Waals surface area contributed by atoms with Crippen molar-refractivity contribution in [1.82, 2.24) is 10.2 Å². The van der Waals surface area contributed by atoms with Gasteiger partial charge in [-0.25, -0.2) is 0 Å². The number of benzene rings is 2. The Labute approximate surface area is 163 Å². The van der Waals surface area contributed by atoms with E-state index in [-0.39, 0.29) is 28.9 Å². The molecule has 148 valence electrons. The summed E-state index contributed by atoms with van der Waals surface area (Å²) in [6, 6.07) is 11.2. The maximum atomic E-state index is 13.1. The zero-order chi connectivity index (χ0) is 20.1. The lowest BCUT2D eigenvalue weighted by molar-refractivity contribution is -0.384. The lowest BCUT2D eigenvalue weighted by Gasteiger charge is -2.32. The van der Waals surface area contributed by atoms with Gasteiger partial charge in [0.2, 0.25) is 0 Å². The smallest absolute Gasteiger partial charge is 0.270 e. The first-order chi connectivity index (χ1) is 13.5. The summed E-state index contributed by atoms with van der Waals surface area (Å²) in [6.07, 6.45) is 1.87. The predicted octanol–water partition coefficient (Wildman–Crippen LogP) is 3.22. The molecular formula is C20H23N3O5. The van der Waals surface area contributed by atoms with Crippen molar-refractivity contribution >= 4 is 11.6 Å². The number of methoxy groups -OCH3 is 1. The van der Waals surface area contributed by atoms with Crippen LogP contribution in [0.15, 0.2) is 42.5 Å². The molecule has 0 saturated carbocycles. The number of amides is 1. The monoisotopic (exact) mass is 385 g/mol. The molecule has 8 heteroatoms. The Morgan fingerprint density at radius 3 is 2.57 bits per heavy atom. The first kappa shape index (κ1) is 19.6.